The molecule has 0 aromatic carbocycles. The first-order chi connectivity index (χ1) is 8.16. The van der Waals surface area contributed by atoms with Crippen LogP contribution >= 0.6 is 0 Å². The van der Waals surface area contributed by atoms with Crippen molar-refractivity contribution >= 4 is 0 Å². The van der Waals surface area contributed by atoms with Crippen LogP contribution in [0.2, 0.25) is 0 Å². The highest BCUT2D eigenvalue weighted by atomic mass is 16.3. The van der Waals surface area contributed by atoms with Gasteiger partial charge >= 0.3 is 0 Å². The maximum atomic E-state index is 5.50. The van der Waals surface area contributed by atoms with Gasteiger partial charge < -0.3 is 14.6 Å². The zero-order valence-electron chi connectivity index (χ0n) is 11.0. The molecule has 4 heteroatoms. The van der Waals surface area contributed by atoms with Crippen LogP contribution in [-0.4, -0.2) is 56.6 Å². The van der Waals surface area contributed by atoms with Gasteiger partial charge in [0.2, 0.25) is 0 Å². The third-order valence-corrected chi connectivity index (χ3v) is 3.49. The standard InChI is InChI=1S/C13H23N3O/c1-15(2)12(13-5-4-8-17-13)9-14-11-6-7-16(3)10-11/h4-5,8,11-12,14H,6-7,9-10H2,1-3H3. The zero-order valence-corrected chi connectivity index (χ0v) is 11.0. The summed E-state index contributed by atoms with van der Waals surface area (Å²) in [6, 6.07) is 4.94. The summed E-state index contributed by atoms with van der Waals surface area (Å²) >= 11 is 0. The lowest BCUT2D eigenvalue weighted by atomic mass is 10.2. The number of likely N-dealkylation sites (tertiary alicyclic amines) is 1. The van der Waals surface area contributed by atoms with E-state index in [4.69, 9.17) is 4.42 Å². The maximum Gasteiger partial charge on any atom is 0.122 e. The van der Waals surface area contributed by atoms with Crippen LogP contribution in [0.15, 0.2) is 22.8 Å². The molecule has 2 atom stereocenters. The Balaban J connectivity index is 1.86. The van der Waals surface area contributed by atoms with Crippen LogP contribution in [-0.2, 0) is 0 Å². The van der Waals surface area contributed by atoms with Crippen LogP contribution in [0.25, 0.3) is 0 Å². The van der Waals surface area contributed by atoms with Gasteiger partial charge in [0.1, 0.15) is 5.76 Å². The van der Waals surface area contributed by atoms with Crippen LogP contribution in [0.5, 0.6) is 0 Å². The fourth-order valence-electron chi connectivity index (χ4n) is 2.40. The molecule has 0 radical (unpaired) electrons. The molecule has 1 aromatic heterocycles. The molecule has 2 rings (SSSR count). The van der Waals surface area contributed by atoms with E-state index < -0.39 is 0 Å². The first-order valence-electron chi connectivity index (χ1n) is 6.28. The van der Waals surface area contributed by atoms with Gasteiger partial charge in [-0.15, -0.1) is 0 Å². The van der Waals surface area contributed by atoms with E-state index in [1.165, 1.54) is 13.0 Å². The zero-order chi connectivity index (χ0) is 12.3. The summed E-state index contributed by atoms with van der Waals surface area (Å²) in [5, 5.41) is 3.64. The smallest absolute Gasteiger partial charge is 0.122 e. The van der Waals surface area contributed by atoms with Crippen molar-refractivity contribution in [2.45, 2.75) is 18.5 Å². The summed E-state index contributed by atoms with van der Waals surface area (Å²) in [6.07, 6.45) is 2.99. The van der Waals surface area contributed by atoms with Gasteiger partial charge in [-0.25, -0.2) is 0 Å². The first-order valence-corrected chi connectivity index (χ1v) is 6.28. The van der Waals surface area contributed by atoms with Crippen molar-refractivity contribution in [2.24, 2.45) is 0 Å². The van der Waals surface area contributed by atoms with E-state index in [1.807, 2.05) is 12.1 Å². The monoisotopic (exact) mass is 237 g/mol. The van der Waals surface area contributed by atoms with E-state index in [0.29, 0.717) is 12.1 Å². The van der Waals surface area contributed by atoms with Gasteiger partial charge in [-0.2, -0.15) is 0 Å². The summed E-state index contributed by atoms with van der Waals surface area (Å²) in [7, 11) is 6.36. The highest BCUT2D eigenvalue weighted by Gasteiger charge is 2.22. The predicted molar refractivity (Wildman–Crippen MR) is 69.0 cm³/mol. The number of rotatable bonds is 5. The molecule has 1 aliphatic heterocycles. The maximum absolute atomic E-state index is 5.50. The summed E-state index contributed by atoms with van der Waals surface area (Å²) in [5.74, 6) is 1.04. The fourth-order valence-corrected chi connectivity index (χ4v) is 2.40. The van der Waals surface area contributed by atoms with Crippen molar-refractivity contribution in [3.63, 3.8) is 0 Å². The molecule has 4 nitrogen and oxygen atoms in total. The third-order valence-electron chi connectivity index (χ3n) is 3.49. The van der Waals surface area contributed by atoms with Crippen molar-refractivity contribution in [3.05, 3.63) is 24.2 Å². The van der Waals surface area contributed by atoms with Gasteiger partial charge in [0.05, 0.1) is 12.3 Å². The van der Waals surface area contributed by atoms with E-state index in [2.05, 4.69) is 36.3 Å². The Bertz CT molecular complexity index is 323. The Morgan fingerprint density at radius 2 is 2.41 bits per heavy atom. The minimum Gasteiger partial charge on any atom is -0.468 e. The topological polar surface area (TPSA) is 31.6 Å². The van der Waals surface area contributed by atoms with Crippen LogP contribution in [0.4, 0.5) is 0 Å². The van der Waals surface area contributed by atoms with Gasteiger partial charge in [0, 0.05) is 19.1 Å². The van der Waals surface area contributed by atoms with E-state index >= 15 is 0 Å². The second-order valence-electron chi connectivity index (χ2n) is 5.15. The Morgan fingerprint density at radius 1 is 1.59 bits per heavy atom. The van der Waals surface area contributed by atoms with E-state index in [-0.39, 0.29) is 0 Å². The van der Waals surface area contributed by atoms with Gasteiger partial charge in [-0.1, -0.05) is 0 Å². The SMILES string of the molecule is CN1CCC(NCC(c2ccco2)N(C)C)C1. The summed E-state index contributed by atoms with van der Waals surface area (Å²) in [6.45, 7) is 3.29. The lowest BCUT2D eigenvalue weighted by Gasteiger charge is -2.24. The minimum atomic E-state index is 0.316. The molecule has 17 heavy (non-hydrogen) atoms. The van der Waals surface area contributed by atoms with Gasteiger partial charge in [0.25, 0.3) is 0 Å². The van der Waals surface area contributed by atoms with Gasteiger partial charge in [0.15, 0.2) is 0 Å². The van der Waals surface area contributed by atoms with Crippen molar-refractivity contribution in [2.75, 3.05) is 40.8 Å². The lowest BCUT2D eigenvalue weighted by Crippen LogP contribution is -2.38. The highest BCUT2D eigenvalue weighted by molar-refractivity contribution is 5.05. The Hall–Kier alpha value is -0.840. The minimum absolute atomic E-state index is 0.316. The molecule has 2 heterocycles. The van der Waals surface area contributed by atoms with Crippen molar-refractivity contribution in [1.82, 2.24) is 15.1 Å². The summed E-state index contributed by atoms with van der Waals surface area (Å²) in [4.78, 5) is 4.57. The second kappa shape index (κ2) is 5.67. The Kier molecular flexibility index (Phi) is 4.20. The van der Waals surface area contributed by atoms with E-state index in [0.717, 1.165) is 18.8 Å². The molecule has 1 saturated heterocycles. The molecule has 0 saturated carbocycles. The highest BCUT2D eigenvalue weighted by Crippen LogP contribution is 2.18. The molecule has 1 N–H and O–H groups in total. The third kappa shape index (κ3) is 3.31. The molecule has 0 amide bonds. The first kappa shape index (κ1) is 12.6. The Labute approximate surface area is 104 Å². The second-order valence-corrected chi connectivity index (χ2v) is 5.15. The Morgan fingerprint density at radius 3 is 2.94 bits per heavy atom. The number of nitrogens with zero attached hydrogens (tertiary/aromatic N) is 2. The predicted octanol–water partition coefficient (Wildman–Crippen LogP) is 1.18. The average molecular weight is 237 g/mol. The lowest BCUT2D eigenvalue weighted by molar-refractivity contribution is 0.243. The van der Waals surface area contributed by atoms with E-state index in [1.54, 1.807) is 6.26 Å². The molecule has 0 spiro atoms. The molecule has 1 aromatic rings. The summed E-state index contributed by atoms with van der Waals surface area (Å²) in [5.41, 5.74) is 0. The van der Waals surface area contributed by atoms with Crippen molar-refractivity contribution < 1.29 is 4.42 Å². The van der Waals surface area contributed by atoms with Crippen LogP contribution in [0.1, 0.15) is 18.2 Å². The van der Waals surface area contributed by atoms with Crippen LogP contribution in [0.3, 0.4) is 0 Å². The number of likely N-dealkylation sites (N-methyl/N-ethyl adjacent to an activating group) is 2. The van der Waals surface area contributed by atoms with Crippen LogP contribution in [0, 0.1) is 0 Å². The molecule has 0 aliphatic carbocycles. The van der Waals surface area contributed by atoms with Crippen molar-refractivity contribution in [1.29, 1.82) is 0 Å². The van der Waals surface area contributed by atoms with Gasteiger partial charge in [-0.05, 0) is 46.2 Å². The molecule has 1 fully saturated rings. The van der Waals surface area contributed by atoms with Crippen molar-refractivity contribution in [3.8, 4) is 0 Å². The van der Waals surface area contributed by atoms with Gasteiger partial charge in [-0.3, -0.25) is 4.90 Å². The molecular formula is C13H23N3O. The normalized spacial score (nSPS) is 23.4. The molecule has 1 aliphatic rings. The molecule has 96 valence electrons. The number of furan rings is 1. The molecule has 2 unspecified atom stereocenters. The van der Waals surface area contributed by atoms with Crippen LogP contribution < -0.4 is 5.32 Å². The average Bonchev–Trinajstić information content (AvgIpc) is 2.90. The number of hydrogen-bond donors (Lipinski definition) is 1. The molecule has 0 bridgehead atoms. The van der Waals surface area contributed by atoms with E-state index in [9.17, 15) is 0 Å². The summed E-state index contributed by atoms with van der Waals surface area (Å²) < 4.78 is 5.50. The fraction of sp³-hybridized carbons (Fsp3) is 0.692. The molecular weight excluding hydrogens is 214 g/mol. The quantitative estimate of drug-likeness (QED) is 0.833. The largest absolute Gasteiger partial charge is 0.468 e. The number of nitrogens with one attached hydrogen (secondary N) is 1. The number of hydrogen-bond acceptors (Lipinski definition) is 4.